The predicted octanol–water partition coefficient (Wildman–Crippen LogP) is 1.70. The van der Waals surface area contributed by atoms with Crippen LogP contribution in [0.5, 0.6) is 11.5 Å². The van der Waals surface area contributed by atoms with E-state index >= 15 is 0 Å². The molecular formula is C16H21NO4. The Bertz CT molecular complexity index is 536. The molecule has 0 aromatic heterocycles. The van der Waals surface area contributed by atoms with Gasteiger partial charge in [-0.25, -0.2) is 4.79 Å². The average molecular weight is 291 g/mol. The van der Waals surface area contributed by atoms with E-state index in [1.54, 1.807) is 39.2 Å². The van der Waals surface area contributed by atoms with Gasteiger partial charge in [-0.15, -0.1) is 6.42 Å². The Labute approximate surface area is 125 Å². The number of rotatable bonds is 7. The van der Waals surface area contributed by atoms with Crippen molar-refractivity contribution in [3.8, 4) is 23.8 Å². The average Bonchev–Trinajstić information content (AvgIpc) is 2.52. The summed E-state index contributed by atoms with van der Waals surface area (Å²) in [5, 5.41) is 3.03. The van der Waals surface area contributed by atoms with E-state index in [4.69, 9.17) is 20.6 Å². The zero-order valence-electron chi connectivity index (χ0n) is 12.9. The summed E-state index contributed by atoms with van der Waals surface area (Å²) in [4.78, 5) is 12.4. The van der Waals surface area contributed by atoms with Crippen molar-refractivity contribution < 1.29 is 19.0 Å². The van der Waals surface area contributed by atoms with Gasteiger partial charge in [-0.3, -0.25) is 5.32 Å². The Hall–Kier alpha value is -2.19. The fourth-order valence-corrected chi connectivity index (χ4v) is 1.99. The van der Waals surface area contributed by atoms with Gasteiger partial charge < -0.3 is 14.2 Å². The number of nitrogens with one attached hydrogen (secondary N) is 1. The third kappa shape index (κ3) is 3.67. The summed E-state index contributed by atoms with van der Waals surface area (Å²) in [6, 6.07) is 5.23. The lowest BCUT2D eigenvalue weighted by Crippen LogP contribution is -2.48. The molecule has 0 saturated carbocycles. The largest absolute Gasteiger partial charge is 0.497 e. The number of benzene rings is 1. The van der Waals surface area contributed by atoms with Crippen LogP contribution in [0.15, 0.2) is 18.2 Å². The van der Waals surface area contributed by atoms with Crippen LogP contribution in [0.25, 0.3) is 0 Å². The quantitative estimate of drug-likeness (QED) is 0.612. The van der Waals surface area contributed by atoms with E-state index < -0.39 is 11.5 Å². The second-order valence-electron chi connectivity index (χ2n) is 4.47. The van der Waals surface area contributed by atoms with Crippen LogP contribution < -0.4 is 14.8 Å². The molecule has 1 N–H and O–H groups in total. The Morgan fingerprint density at radius 1 is 1.38 bits per heavy atom. The lowest BCUT2D eigenvalue weighted by Gasteiger charge is -2.29. The molecule has 1 unspecified atom stereocenters. The molecule has 5 heteroatoms. The van der Waals surface area contributed by atoms with E-state index in [0.29, 0.717) is 17.1 Å². The number of ether oxygens (including phenoxy) is 3. The van der Waals surface area contributed by atoms with Gasteiger partial charge in [0.2, 0.25) is 0 Å². The molecule has 0 bridgehead atoms. The first-order valence-corrected chi connectivity index (χ1v) is 6.61. The van der Waals surface area contributed by atoms with Crippen molar-refractivity contribution in [2.24, 2.45) is 0 Å². The number of terminal acetylenes is 1. The van der Waals surface area contributed by atoms with E-state index in [-0.39, 0.29) is 13.2 Å². The van der Waals surface area contributed by atoms with Gasteiger partial charge in [0.1, 0.15) is 17.0 Å². The Morgan fingerprint density at radius 2 is 2.10 bits per heavy atom. The number of methoxy groups -OCH3 is 2. The first kappa shape index (κ1) is 16.9. The van der Waals surface area contributed by atoms with E-state index in [9.17, 15) is 4.79 Å². The fourth-order valence-electron chi connectivity index (χ4n) is 1.99. The zero-order valence-corrected chi connectivity index (χ0v) is 12.9. The monoisotopic (exact) mass is 291 g/mol. The maximum Gasteiger partial charge on any atom is 0.330 e. The van der Waals surface area contributed by atoms with Crippen molar-refractivity contribution >= 4 is 5.97 Å². The van der Waals surface area contributed by atoms with Gasteiger partial charge in [0.15, 0.2) is 0 Å². The second-order valence-corrected chi connectivity index (χ2v) is 4.47. The minimum atomic E-state index is -1.10. The van der Waals surface area contributed by atoms with Gasteiger partial charge in [-0.2, -0.15) is 0 Å². The van der Waals surface area contributed by atoms with E-state index in [0.717, 1.165) is 0 Å². The molecule has 0 amide bonds. The number of carbonyl (C=O) groups excluding carboxylic acids is 1. The van der Waals surface area contributed by atoms with Crippen LogP contribution in [0, 0.1) is 12.3 Å². The molecule has 1 atom stereocenters. The third-order valence-electron chi connectivity index (χ3n) is 3.18. The third-order valence-corrected chi connectivity index (χ3v) is 3.18. The lowest BCUT2D eigenvalue weighted by molar-refractivity contribution is -0.151. The maximum atomic E-state index is 12.4. The van der Waals surface area contributed by atoms with E-state index in [1.165, 1.54) is 7.11 Å². The Balaban J connectivity index is 3.31. The van der Waals surface area contributed by atoms with Crippen LogP contribution >= 0.6 is 0 Å². The lowest BCUT2D eigenvalue weighted by atomic mass is 9.90. The zero-order chi connectivity index (χ0) is 15.9. The summed E-state index contributed by atoms with van der Waals surface area (Å²) in [6.07, 6.45) is 5.29. The Kier molecular flexibility index (Phi) is 6.07. The molecule has 1 rings (SSSR count). The van der Waals surface area contributed by atoms with E-state index in [1.807, 2.05) is 0 Å². The highest BCUT2D eigenvalue weighted by atomic mass is 16.5. The fraction of sp³-hybridized carbons (Fsp3) is 0.438. The van der Waals surface area contributed by atoms with E-state index in [2.05, 4.69) is 11.2 Å². The van der Waals surface area contributed by atoms with Crippen molar-refractivity contribution in [1.29, 1.82) is 0 Å². The summed E-state index contributed by atoms with van der Waals surface area (Å²) in [7, 11) is 3.10. The summed E-state index contributed by atoms with van der Waals surface area (Å²) in [6.45, 7) is 3.98. The van der Waals surface area contributed by atoms with Crippen molar-refractivity contribution in [1.82, 2.24) is 5.32 Å². The molecule has 0 saturated heterocycles. The highest BCUT2D eigenvalue weighted by molar-refractivity contribution is 5.83. The molecule has 0 aliphatic rings. The molecule has 114 valence electrons. The number of carbonyl (C=O) groups is 1. The molecule has 1 aromatic carbocycles. The van der Waals surface area contributed by atoms with Gasteiger partial charge in [-0.1, -0.05) is 5.92 Å². The molecule has 0 radical (unpaired) electrons. The summed E-state index contributed by atoms with van der Waals surface area (Å²) in [5.41, 5.74) is -0.459. The predicted molar refractivity (Wildman–Crippen MR) is 80.4 cm³/mol. The van der Waals surface area contributed by atoms with Gasteiger partial charge in [0.05, 0.1) is 27.4 Å². The standard InChI is InChI=1S/C16H21NO4/c1-6-10-17-16(3,15(18)21-7-2)13-9-8-12(19-4)11-14(13)20-5/h1,8-9,11,17H,7,10H2,2-5H3. The SMILES string of the molecule is C#CCNC(C)(C(=O)OCC)c1ccc(OC)cc1OC. The molecule has 21 heavy (non-hydrogen) atoms. The van der Waals surface area contributed by atoms with Crippen molar-refractivity contribution in [2.45, 2.75) is 19.4 Å². The van der Waals surface area contributed by atoms with Gasteiger partial charge in [0, 0.05) is 11.6 Å². The van der Waals surface area contributed by atoms with Gasteiger partial charge in [0.25, 0.3) is 0 Å². The second kappa shape index (κ2) is 7.55. The van der Waals surface area contributed by atoms with Gasteiger partial charge in [-0.05, 0) is 26.0 Å². The molecule has 0 aliphatic carbocycles. The van der Waals surface area contributed by atoms with Crippen LogP contribution in [-0.4, -0.2) is 33.3 Å². The molecule has 0 aliphatic heterocycles. The summed E-state index contributed by atoms with van der Waals surface area (Å²) >= 11 is 0. The van der Waals surface area contributed by atoms with Crippen molar-refractivity contribution in [2.75, 3.05) is 27.4 Å². The van der Waals surface area contributed by atoms with Crippen LogP contribution in [-0.2, 0) is 15.1 Å². The normalized spacial score (nSPS) is 12.9. The van der Waals surface area contributed by atoms with Crippen LogP contribution in [0.3, 0.4) is 0 Å². The first-order valence-electron chi connectivity index (χ1n) is 6.61. The Morgan fingerprint density at radius 3 is 2.62 bits per heavy atom. The number of esters is 1. The first-order chi connectivity index (χ1) is 10.0. The van der Waals surface area contributed by atoms with Gasteiger partial charge >= 0.3 is 5.97 Å². The molecule has 1 aromatic rings. The minimum absolute atomic E-state index is 0.227. The maximum absolute atomic E-state index is 12.4. The van der Waals surface area contributed by atoms with Crippen LogP contribution in [0.1, 0.15) is 19.4 Å². The highest BCUT2D eigenvalue weighted by Crippen LogP contribution is 2.34. The summed E-state index contributed by atoms with van der Waals surface area (Å²) in [5.74, 6) is 3.21. The van der Waals surface area contributed by atoms with Crippen molar-refractivity contribution in [3.63, 3.8) is 0 Å². The number of hydrogen-bond acceptors (Lipinski definition) is 5. The van der Waals surface area contributed by atoms with Crippen LogP contribution in [0.4, 0.5) is 0 Å². The molecule has 0 fully saturated rings. The molecular weight excluding hydrogens is 270 g/mol. The van der Waals surface area contributed by atoms with Crippen molar-refractivity contribution in [3.05, 3.63) is 23.8 Å². The highest BCUT2D eigenvalue weighted by Gasteiger charge is 2.38. The smallest absolute Gasteiger partial charge is 0.330 e. The molecule has 0 spiro atoms. The minimum Gasteiger partial charge on any atom is -0.497 e. The van der Waals surface area contributed by atoms with Crippen LogP contribution in [0.2, 0.25) is 0 Å². The number of hydrogen-bond donors (Lipinski definition) is 1. The molecule has 5 nitrogen and oxygen atoms in total. The summed E-state index contributed by atoms with van der Waals surface area (Å²) < 4.78 is 15.7. The molecule has 0 heterocycles. The topological polar surface area (TPSA) is 56.8 Å².